The van der Waals surface area contributed by atoms with Crippen molar-refractivity contribution in [3.05, 3.63) is 118 Å². The summed E-state index contributed by atoms with van der Waals surface area (Å²) in [4.78, 5) is 7.56. The van der Waals surface area contributed by atoms with Crippen LogP contribution in [-0.2, 0) is 12.8 Å². The van der Waals surface area contributed by atoms with E-state index in [1.807, 2.05) is 11.2 Å². The van der Waals surface area contributed by atoms with Crippen LogP contribution in [0, 0.1) is 41.0 Å². The van der Waals surface area contributed by atoms with Crippen molar-refractivity contribution in [2.45, 2.75) is 45.4 Å². The smallest absolute Gasteiger partial charge is 0.153 e. The highest BCUT2D eigenvalue weighted by Crippen LogP contribution is 2.31. The molecule has 0 saturated carbocycles. The van der Waals surface area contributed by atoms with Gasteiger partial charge in [-0.1, -0.05) is 56.2 Å². The summed E-state index contributed by atoms with van der Waals surface area (Å²) in [6.45, 7) is 2.22. The summed E-state index contributed by atoms with van der Waals surface area (Å²) >= 11 is 4.40. The Hall–Kier alpha value is -4.37. The zero-order valence-corrected chi connectivity index (χ0v) is 24.4. The van der Waals surface area contributed by atoms with Crippen LogP contribution in [-0.4, -0.2) is 11.4 Å². The Morgan fingerprint density at radius 1 is 0.837 bits per heavy atom. The Balaban J connectivity index is 1.29. The van der Waals surface area contributed by atoms with Gasteiger partial charge in [-0.25, -0.2) is 17.6 Å². The third kappa shape index (κ3) is 7.35. The van der Waals surface area contributed by atoms with Gasteiger partial charge >= 0.3 is 0 Å². The summed E-state index contributed by atoms with van der Waals surface area (Å²) < 4.78 is 58.2. The number of aryl methyl sites for hydroxylation is 1. The van der Waals surface area contributed by atoms with Crippen LogP contribution in [0.3, 0.4) is 0 Å². The first kappa shape index (κ1) is 30.1. The zero-order chi connectivity index (χ0) is 30.3. The maximum atomic E-state index is 15.1. The van der Waals surface area contributed by atoms with Crippen LogP contribution in [0.1, 0.15) is 60.4 Å². The average Bonchev–Trinajstić information content (AvgIpc) is 3.00. The molecule has 0 fully saturated rings. The Kier molecular flexibility index (Phi) is 9.61. The molecule has 1 aliphatic carbocycles. The number of benzene rings is 4. The van der Waals surface area contributed by atoms with Crippen molar-refractivity contribution in [3.8, 4) is 23.0 Å². The van der Waals surface area contributed by atoms with E-state index in [4.69, 9.17) is 0 Å². The molecular formula is C36H28F4N2S. The minimum Gasteiger partial charge on any atom is -0.256 e. The summed E-state index contributed by atoms with van der Waals surface area (Å²) in [6.07, 6.45) is 8.36. The van der Waals surface area contributed by atoms with E-state index < -0.39 is 29.0 Å². The van der Waals surface area contributed by atoms with Gasteiger partial charge in [0.15, 0.2) is 11.6 Å². The lowest BCUT2D eigenvalue weighted by Gasteiger charge is -2.24. The van der Waals surface area contributed by atoms with Gasteiger partial charge in [0.25, 0.3) is 0 Å². The molecule has 1 unspecified atom stereocenters. The Morgan fingerprint density at radius 3 is 2.21 bits per heavy atom. The van der Waals surface area contributed by atoms with Gasteiger partial charge in [-0.05, 0) is 108 Å². The maximum Gasteiger partial charge on any atom is 0.153 e. The third-order valence-corrected chi connectivity index (χ3v) is 7.70. The van der Waals surface area contributed by atoms with Crippen molar-refractivity contribution >= 4 is 35.0 Å². The molecule has 216 valence electrons. The first-order valence-corrected chi connectivity index (χ1v) is 14.6. The predicted molar refractivity (Wildman–Crippen MR) is 168 cm³/mol. The van der Waals surface area contributed by atoms with E-state index in [0.717, 1.165) is 36.5 Å². The molecule has 2 nitrogen and oxygen atoms in total. The SMILES string of the molecule is CCCCC1CCc2cc(C#Cc3cc(F)c(-c4ccc(/N=C/c5cc(F)c(N=C=S)c(F)c5)cc4)c(F)c3)ccc2C1. The van der Waals surface area contributed by atoms with Gasteiger partial charge < -0.3 is 0 Å². The van der Waals surface area contributed by atoms with Gasteiger partial charge in [-0.15, -0.1) is 0 Å². The summed E-state index contributed by atoms with van der Waals surface area (Å²) in [7, 11) is 0. The number of thiocarbonyl (C=S) groups is 1. The van der Waals surface area contributed by atoms with Crippen LogP contribution >= 0.6 is 12.2 Å². The van der Waals surface area contributed by atoms with Crippen molar-refractivity contribution in [2.75, 3.05) is 0 Å². The molecule has 0 saturated heterocycles. The highest BCUT2D eigenvalue weighted by Gasteiger charge is 2.18. The van der Waals surface area contributed by atoms with Crippen molar-refractivity contribution < 1.29 is 17.6 Å². The lowest BCUT2D eigenvalue weighted by atomic mass is 9.81. The van der Waals surface area contributed by atoms with E-state index in [2.05, 4.69) is 53.1 Å². The largest absolute Gasteiger partial charge is 0.256 e. The van der Waals surface area contributed by atoms with Crippen molar-refractivity contribution in [3.63, 3.8) is 0 Å². The van der Waals surface area contributed by atoms with Crippen LogP contribution in [0.5, 0.6) is 0 Å². The van der Waals surface area contributed by atoms with E-state index in [1.165, 1.54) is 67.3 Å². The van der Waals surface area contributed by atoms with Crippen LogP contribution in [0.4, 0.5) is 28.9 Å². The monoisotopic (exact) mass is 596 g/mol. The zero-order valence-electron chi connectivity index (χ0n) is 23.6. The number of hydrogen-bond donors (Lipinski definition) is 0. The number of halogens is 4. The standard InChI is InChI=1S/C36H28F4N2S/c1-2-3-4-23-7-9-29-16-24(8-10-28(29)15-23)5-6-25-17-31(37)35(32(38)18-25)27-11-13-30(14-12-27)41-21-26-19-33(39)36(42-22-43)34(40)20-26/h8,10-14,16-21,23H,2-4,7,9,15H2,1H3/b41-21+. The number of unbranched alkanes of at least 4 members (excludes halogenated alkanes) is 1. The number of fused-ring (bicyclic) bond motifs is 1. The number of rotatable bonds is 7. The summed E-state index contributed by atoms with van der Waals surface area (Å²) in [5, 5.41) is 1.93. The van der Waals surface area contributed by atoms with E-state index in [1.54, 1.807) is 12.1 Å². The number of isothiocyanates is 1. The third-order valence-electron chi connectivity index (χ3n) is 7.61. The number of aliphatic imine (C=N–C) groups is 2. The molecular weight excluding hydrogens is 568 g/mol. The molecule has 4 aromatic carbocycles. The highest BCUT2D eigenvalue weighted by molar-refractivity contribution is 7.78. The molecule has 0 spiro atoms. The Morgan fingerprint density at radius 2 is 1.53 bits per heavy atom. The first-order valence-electron chi connectivity index (χ1n) is 14.2. The predicted octanol–water partition coefficient (Wildman–Crippen LogP) is 10.1. The van der Waals surface area contributed by atoms with Crippen molar-refractivity contribution in [1.29, 1.82) is 0 Å². The molecule has 5 rings (SSSR count). The highest BCUT2D eigenvalue weighted by atomic mass is 32.1. The maximum absolute atomic E-state index is 15.1. The van der Waals surface area contributed by atoms with E-state index >= 15 is 8.78 Å². The number of hydrogen-bond acceptors (Lipinski definition) is 3. The average molecular weight is 597 g/mol. The van der Waals surface area contributed by atoms with Crippen LogP contribution < -0.4 is 0 Å². The van der Waals surface area contributed by atoms with Gasteiger partial charge in [0, 0.05) is 17.3 Å². The van der Waals surface area contributed by atoms with Crippen LogP contribution in [0.2, 0.25) is 0 Å². The summed E-state index contributed by atoms with van der Waals surface area (Å²) in [6, 6.07) is 17.0. The van der Waals surface area contributed by atoms with Crippen LogP contribution in [0.25, 0.3) is 11.1 Å². The molecule has 0 aliphatic heterocycles. The molecule has 0 heterocycles. The topological polar surface area (TPSA) is 24.7 Å². The molecule has 0 bridgehead atoms. The molecule has 0 aromatic heterocycles. The van der Waals surface area contributed by atoms with Gasteiger partial charge in [0.05, 0.1) is 16.4 Å². The fraction of sp³-hybridized carbons (Fsp3) is 0.222. The first-order chi connectivity index (χ1) is 20.8. The summed E-state index contributed by atoms with van der Waals surface area (Å²) in [5.41, 5.74) is 3.99. The van der Waals surface area contributed by atoms with E-state index in [-0.39, 0.29) is 16.7 Å². The van der Waals surface area contributed by atoms with Gasteiger partial charge in [0.2, 0.25) is 0 Å². The van der Waals surface area contributed by atoms with E-state index in [9.17, 15) is 8.78 Å². The molecule has 43 heavy (non-hydrogen) atoms. The quantitative estimate of drug-likeness (QED) is 0.0902. The minimum atomic E-state index is -0.897. The minimum absolute atomic E-state index is 0.169. The Bertz CT molecular complexity index is 1750. The second-order valence-electron chi connectivity index (χ2n) is 10.6. The fourth-order valence-corrected chi connectivity index (χ4v) is 5.48. The van der Waals surface area contributed by atoms with Gasteiger partial charge in [-0.3, -0.25) is 4.99 Å². The fourth-order valence-electron chi connectivity index (χ4n) is 5.39. The summed E-state index contributed by atoms with van der Waals surface area (Å²) in [5.74, 6) is 3.47. The molecule has 4 aromatic rings. The molecule has 7 heteroatoms. The van der Waals surface area contributed by atoms with Crippen molar-refractivity contribution in [2.24, 2.45) is 15.9 Å². The molecule has 0 N–H and O–H groups in total. The molecule has 0 radical (unpaired) electrons. The lowest BCUT2D eigenvalue weighted by Crippen LogP contribution is -2.14. The normalized spacial score (nSPS) is 14.1. The lowest BCUT2D eigenvalue weighted by molar-refractivity contribution is 0.413. The molecule has 1 aliphatic rings. The molecule has 1 atom stereocenters. The van der Waals surface area contributed by atoms with Gasteiger partial charge in [-0.2, -0.15) is 4.99 Å². The Labute approximate surface area is 254 Å². The number of nitrogens with zero attached hydrogens (tertiary/aromatic N) is 2. The van der Waals surface area contributed by atoms with E-state index in [0.29, 0.717) is 11.3 Å². The molecule has 0 amide bonds. The van der Waals surface area contributed by atoms with Crippen LogP contribution in [0.15, 0.2) is 76.7 Å². The second-order valence-corrected chi connectivity index (χ2v) is 10.8. The second kappa shape index (κ2) is 13.7. The van der Waals surface area contributed by atoms with Gasteiger partial charge in [0.1, 0.15) is 17.3 Å². The van der Waals surface area contributed by atoms with Crippen molar-refractivity contribution in [1.82, 2.24) is 0 Å².